The number of piperidine rings is 1. The molecule has 1 saturated heterocycles. The Kier molecular flexibility index (Phi) is 6.37. The van der Waals surface area contributed by atoms with E-state index in [0.29, 0.717) is 25.9 Å². The molecule has 0 spiro atoms. The van der Waals surface area contributed by atoms with Gasteiger partial charge in [0.1, 0.15) is 0 Å². The largest absolute Gasteiger partial charge is 0.343 e. The molecule has 1 heterocycles. The quantitative estimate of drug-likeness (QED) is 0.837. The minimum Gasteiger partial charge on any atom is -0.343 e. The van der Waals surface area contributed by atoms with E-state index in [1.165, 1.54) is 4.31 Å². The lowest BCUT2D eigenvalue weighted by molar-refractivity contribution is -0.132. The van der Waals surface area contributed by atoms with Gasteiger partial charge in [-0.1, -0.05) is 30.3 Å². The Morgan fingerprint density at radius 1 is 1.29 bits per heavy atom. The average molecular weight is 353 g/mol. The Bertz CT molecular complexity index is 640. The molecule has 134 valence electrons. The molecule has 1 amide bonds. The Hall–Kier alpha value is -1.44. The van der Waals surface area contributed by atoms with Crippen LogP contribution in [0.1, 0.15) is 37.8 Å². The number of nitrogens with two attached hydrogens (primary N) is 1. The van der Waals surface area contributed by atoms with Gasteiger partial charge in [-0.25, -0.2) is 12.7 Å². The summed E-state index contributed by atoms with van der Waals surface area (Å²) in [6.45, 7) is 2.80. The van der Waals surface area contributed by atoms with Crippen molar-refractivity contribution in [2.45, 2.75) is 38.3 Å². The first-order valence-electron chi connectivity index (χ1n) is 8.39. The number of nitrogens with zero attached hydrogens (tertiary/aromatic N) is 2. The highest BCUT2D eigenvalue weighted by Crippen LogP contribution is 2.21. The molecule has 2 rings (SSSR count). The fourth-order valence-electron chi connectivity index (χ4n) is 3.04. The maximum Gasteiger partial charge on any atom is 0.224 e. The second kappa shape index (κ2) is 8.09. The van der Waals surface area contributed by atoms with E-state index in [2.05, 4.69) is 0 Å². The van der Waals surface area contributed by atoms with E-state index in [9.17, 15) is 13.2 Å². The van der Waals surface area contributed by atoms with Crippen LogP contribution < -0.4 is 5.73 Å². The number of hydrogen-bond acceptors (Lipinski definition) is 4. The maximum atomic E-state index is 12.4. The third kappa shape index (κ3) is 4.55. The smallest absolute Gasteiger partial charge is 0.224 e. The monoisotopic (exact) mass is 353 g/mol. The third-order valence-electron chi connectivity index (χ3n) is 4.76. The maximum absolute atomic E-state index is 12.4. The normalized spacial score (nSPS) is 17.9. The standard InChI is InChI=1S/C17H27N3O3S/c1-3-24(22,23)19(2)15-9-11-20(12-10-15)17(21)13-16(18)14-7-5-4-6-8-14/h4-8,15-16H,3,9-13,18H2,1-2H3. The van der Waals surface area contributed by atoms with Crippen LogP contribution in [-0.4, -0.2) is 55.5 Å². The van der Waals surface area contributed by atoms with Gasteiger partial charge < -0.3 is 10.6 Å². The van der Waals surface area contributed by atoms with Crippen molar-refractivity contribution in [1.29, 1.82) is 0 Å². The summed E-state index contributed by atoms with van der Waals surface area (Å²) in [4.78, 5) is 14.2. The van der Waals surface area contributed by atoms with Crippen LogP contribution in [-0.2, 0) is 14.8 Å². The molecule has 7 heteroatoms. The molecule has 24 heavy (non-hydrogen) atoms. The highest BCUT2D eigenvalue weighted by molar-refractivity contribution is 7.89. The number of hydrogen-bond donors (Lipinski definition) is 1. The zero-order valence-electron chi connectivity index (χ0n) is 14.4. The van der Waals surface area contributed by atoms with E-state index in [1.807, 2.05) is 30.3 Å². The van der Waals surface area contributed by atoms with Gasteiger partial charge in [0.25, 0.3) is 0 Å². The molecule has 1 aromatic carbocycles. The summed E-state index contributed by atoms with van der Waals surface area (Å²) in [7, 11) is -1.55. The fourth-order valence-corrected chi connectivity index (χ4v) is 4.12. The van der Waals surface area contributed by atoms with Crippen LogP contribution in [0.2, 0.25) is 0 Å². The Morgan fingerprint density at radius 3 is 2.42 bits per heavy atom. The van der Waals surface area contributed by atoms with Gasteiger partial charge in [-0.15, -0.1) is 0 Å². The average Bonchev–Trinajstić information content (AvgIpc) is 2.61. The van der Waals surface area contributed by atoms with Crippen molar-refractivity contribution < 1.29 is 13.2 Å². The molecule has 6 nitrogen and oxygen atoms in total. The van der Waals surface area contributed by atoms with Gasteiger partial charge in [0.05, 0.1) is 5.75 Å². The van der Waals surface area contributed by atoms with Gasteiger partial charge in [0.15, 0.2) is 0 Å². The van der Waals surface area contributed by atoms with Gasteiger partial charge in [-0.05, 0) is 25.3 Å². The highest BCUT2D eigenvalue weighted by Gasteiger charge is 2.30. The lowest BCUT2D eigenvalue weighted by atomic mass is 10.0. The molecule has 2 N–H and O–H groups in total. The molecule has 1 atom stereocenters. The van der Waals surface area contributed by atoms with Gasteiger partial charge in [0, 0.05) is 38.6 Å². The van der Waals surface area contributed by atoms with Crippen molar-refractivity contribution in [2.75, 3.05) is 25.9 Å². The van der Waals surface area contributed by atoms with Crippen LogP contribution in [0.15, 0.2) is 30.3 Å². The van der Waals surface area contributed by atoms with Crippen molar-refractivity contribution in [2.24, 2.45) is 5.73 Å². The van der Waals surface area contributed by atoms with E-state index < -0.39 is 10.0 Å². The predicted octanol–water partition coefficient (Wildman–Crippen LogP) is 1.35. The number of sulfonamides is 1. The van der Waals surface area contributed by atoms with Gasteiger partial charge in [-0.3, -0.25) is 4.79 Å². The first kappa shape index (κ1) is 18.9. The molecule has 0 radical (unpaired) electrons. The SMILES string of the molecule is CCS(=O)(=O)N(C)C1CCN(C(=O)CC(N)c2ccccc2)CC1. The van der Waals surface area contributed by atoms with Crippen LogP contribution >= 0.6 is 0 Å². The first-order chi connectivity index (χ1) is 11.3. The summed E-state index contributed by atoms with van der Waals surface area (Å²) in [5.41, 5.74) is 7.07. The first-order valence-corrected chi connectivity index (χ1v) is 10.00. The van der Waals surface area contributed by atoms with E-state index in [0.717, 1.165) is 5.56 Å². The van der Waals surface area contributed by atoms with E-state index in [4.69, 9.17) is 5.73 Å². The summed E-state index contributed by atoms with van der Waals surface area (Å²) >= 11 is 0. The van der Waals surface area contributed by atoms with Gasteiger partial charge in [0.2, 0.25) is 15.9 Å². The van der Waals surface area contributed by atoms with Crippen LogP contribution in [0.4, 0.5) is 0 Å². The van der Waals surface area contributed by atoms with Crippen LogP contribution in [0, 0.1) is 0 Å². The highest BCUT2D eigenvalue weighted by atomic mass is 32.2. The Morgan fingerprint density at radius 2 is 1.88 bits per heavy atom. The minimum atomic E-state index is -3.18. The number of benzene rings is 1. The fraction of sp³-hybridized carbons (Fsp3) is 0.588. The molecule has 0 saturated carbocycles. The van der Waals surface area contributed by atoms with Gasteiger partial charge in [-0.2, -0.15) is 0 Å². The minimum absolute atomic E-state index is 0.0261. The van der Waals surface area contributed by atoms with E-state index >= 15 is 0 Å². The molecule has 0 aromatic heterocycles. The zero-order valence-corrected chi connectivity index (χ0v) is 15.2. The number of carbonyl (C=O) groups excluding carboxylic acids is 1. The number of rotatable bonds is 6. The summed E-state index contributed by atoms with van der Waals surface area (Å²) < 4.78 is 25.4. The Labute approximate surface area is 144 Å². The molecule has 1 aliphatic rings. The second-order valence-electron chi connectivity index (χ2n) is 6.25. The molecule has 1 aliphatic heterocycles. The van der Waals surface area contributed by atoms with Crippen LogP contribution in [0.3, 0.4) is 0 Å². The molecular weight excluding hydrogens is 326 g/mol. The topological polar surface area (TPSA) is 83.7 Å². The van der Waals surface area contributed by atoms with Crippen molar-refractivity contribution in [3.63, 3.8) is 0 Å². The van der Waals surface area contributed by atoms with Gasteiger partial charge >= 0.3 is 0 Å². The van der Waals surface area contributed by atoms with Crippen molar-refractivity contribution in [3.05, 3.63) is 35.9 Å². The summed E-state index contributed by atoms with van der Waals surface area (Å²) in [5.74, 6) is 0.139. The third-order valence-corrected chi connectivity index (χ3v) is 6.66. The van der Waals surface area contributed by atoms with Crippen LogP contribution in [0.25, 0.3) is 0 Å². The number of likely N-dealkylation sites (tertiary alicyclic amines) is 1. The number of amides is 1. The molecule has 1 aromatic rings. The van der Waals surface area contributed by atoms with Crippen molar-refractivity contribution >= 4 is 15.9 Å². The van der Waals surface area contributed by atoms with Crippen LogP contribution in [0.5, 0.6) is 0 Å². The molecule has 0 aliphatic carbocycles. The lowest BCUT2D eigenvalue weighted by Gasteiger charge is -2.36. The molecule has 1 fully saturated rings. The molecule has 0 bridgehead atoms. The predicted molar refractivity (Wildman–Crippen MR) is 94.8 cm³/mol. The molecule has 1 unspecified atom stereocenters. The van der Waals surface area contributed by atoms with E-state index in [1.54, 1.807) is 18.9 Å². The summed E-state index contributed by atoms with van der Waals surface area (Å²) in [6, 6.07) is 9.26. The van der Waals surface area contributed by atoms with E-state index in [-0.39, 0.29) is 30.2 Å². The summed E-state index contributed by atoms with van der Waals surface area (Å²) in [6.07, 6.45) is 1.61. The van der Waals surface area contributed by atoms with Crippen molar-refractivity contribution in [1.82, 2.24) is 9.21 Å². The summed E-state index contributed by atoms with van der Waals surface area (Å²) in [5, 5.41) is 0. The zero-order chi connectivity index (χ0) is 17.7. The lowest BCUT2D eigenvalue weighted by Crippen LogP contribution is -2.47. The van der Waals surface area contributed by atoms with Crippen molar-refractivity contribution in [3.8, 4) is 0 Å². The molecular formula is C17H27N3O3S. The second-order valence-corrected chi connectivity index (χ2v) is 8.57. The Balaban J connectivity index is 1.87. The number of carbonyl (C=O) groups is 1.